The molecule has 1 aliphatic heterocycles. The maximum absolute atomic E-state index is 5.87. The second kappa shape index (κ2) is 8.59. The van der Waals surface area contributed by atoms with Crippen molar-refractivity contribution in [3.05, 3.63) is 29.8 Å². The van der Waals surface area contributed by atoms with Gasteiger partial charge in [0.05, 0.1) is 6.61 Å². The van der Waals surface area contributed by atoms with Crippen LogP contribution in [0.15, 0.2) is 24.3 Å². The van der Waals surface area contributed by atoms with Gasteiger partial charge in [-0.15, -0.1) is 12.4 Å². The fraction of sp³-hybridized carbons (Fsp3) is 0.625. The Morgan fingerprint density at radius 2 is 2.05 bits per heavy atom. The van der Waals surface area contributed by atoms with E-state index in [9.17, 15) is 0 Å². The molecule has 120 valence electrons. The molecule has 2 N–H and O–H groups in total. The molecule has 1 atom stereocenters. The third-order valence-electron chi connectivity index (χ3n) is 4.04. The lowest BCUT2D eigenvalue weighted by Gasteiger charge is -2.23. The summed E-state index contributed by atoms with van der Waals surface area (Å²) in [5, 5.41) is 0. The minimum Gasteiger partial charge on any atom is -0.491 e. The highest BCUT2D eigenvalue weighted by Crippen LogP contribution is 2.30. The first kappa shape index (κ1) is 18.2. The van der Waals surface area contributed by atoms with Gasteiger partial charge in [0, 0.05) is 25.8 Å². The zero-order valence-electron chi connectivity index (χ0n) is 13.0. The van der Waals surface area contributed by atoms with Gasteiger partial charge in [-0.3, -0.25) is 4.90 Å². The van der Waals surface area contributed by atoms with Gasteiger partial charge in [0.15, 0.2) is 0 Å². The van der Waals surface area contributed by atoms with Crippen molar-refractivity contribution in [1.82, 2.24) is 4.90 Å². The van der Waals surface area contributed by atoms with Crippen LogP contribution in [0.2, 0.25) is 0 Å². The molecule has 1 heterocycles. The molecule has 21 heavy (non-hydrogen) atoms. The normalized spacial score (nSPS) is 22.0. The summed E-state index contributed by atoms with van der Waals surface area (Å²) in [6, 6.07) is 8.25. The first-order chi connectivity index (χ1) is 9.67. The summed E-state index contributed by atoms with van der Waals surface area (Å²) < 4.78 is 10.8. The summed E-state index contributed by atoms with van der Waals surface area (Å²) in [5.41, 5.74) is 7.38. The predicted molar refractivity (Wildman–Crippen MR) is 88.1 cm³/mol. The van der Waals surface area contributed by atoms with Crippen LogP contribution < -0.4 is 10.5 Å². The maximum Gasteiger partial charge on any atom is 0.123 e. The van der Waals surface area contributed by atoms with Gasteiger partial charge in [-0.1, -0.05) is 25.1 Å². The number of hydrogen-bond acceptors (Lipinski definition) is 4. The molecule has 0 spiro atoms. The Bertz CT molecular complexity index is 430. The van der Waals surface area contributed by atoms with Crippen LogP contribution in [-0.2, 0) is 11.3 Å². The number of nitrogens with zero attached hydrogens (tertiary/aromatic N) is 1. The van der Waals surface area contributed by atoms with Crippen LogP contribution >= 0.6 is 12.4 Å². The summed E-state index contributed by atoms with van der Waals surface area (Å²) in [7, 11) is 1.69. The van der Waals surface area contributed by atoms with E-state index in [1.165, 1.54) is 12.0 Å². The summed E-state index contributed by atoms with van der Waals surface area (Å²) in [4.78, 5) is 2.46. The van der Waals surface area contributed by atoms with Crippen molar-refractivity contribution in [1.29, 1.82) is 0 Å². The number of methoxy groups -OCH3 is 1. The molecule has 1 aliphatic rings. The van der Waals surface area contributed by atoms with E-state index in [2.05, 4.69) is 24.0 Å². The summed E-state index contributed by atoms with van der Waals surface area (Å²) in [6.07, 6.45) is 1.18. The first-order valence-electron chi connectivity index (χ1n) is 7.29. The Morgan fingerprint density at radius 1 is 1.29 bits per heavy atom. The number of hydrogen-bond donors (Lipinski definition) is 1. The molecule has 0 aliphatic carbocycles. The standard InChI is InChI=1S/C16H26N2O2.ClH/c1-16(12-17)7-8-18(13-16)11-14-5-3-4-6-15(14)20-10-9-19-2;/h3-6H,7-13,17H2,1-2H3;1H. The predicted octanol–water partition coefficient (Wildman–Crippen LogP) is 2.30. The molecule has 0 saturated carbocycles. The van der Waals surface area contributed by atoms with Crippen molar-refractivity contribution >= 4 is 12.4 Å². The van der Waals surface area contributed by atoms with Crippen LogP contribution in [0.5, 0.6) is 5.75 Å². The van der Waals surface area contributed by atoms with Gasteiger partial charge in [-0.25, -0.2) is 0 Å². The van der Waals surface area contributed by atoms with Crippen LogP contribution in [0.1, 0.15) is 18.9 Å². The Balaban J connectivity index is 0.00000220. The highest BCUT2D eigenvalue weighted by atomic mass is 35.5. The van der Waals surface area contributed by atoms with Crippen molar-refractivity contribution in [3.8, 4) is 5.75 Å². The molecule has 1 fully saturated rings. The minimum atomic E-state index is 0. The van der Waals surface area contributed by atoms with Crippen molar-refractivity contribution in [2.24, 2.45) is 11.1 Å². The van der Waals surface area contributed by atoms with E-state index < -0.39 is 0 Å². The van der Waals surface area contributed by atoms with Crippen molar-refractivity contribution in [2.75, 3.05) is 40.0 Å². The van der Waals surface area contributed by atoms with Gasteiger partial charge in [-0.2, -0.15) is 0 Å². The molecule has 0 radical (unpaired) electrons. The largest absolute Gasteiger partial charge is 0.491 e. The quantitative estimate of drug-likeness (QED) is 0.785. The topological polar surface area (TPSA) is 47.7 Å². The monoisotopic (exact) mass is 314 g/mol. The fourth-order valence-corrected chi connectivity index (χ4v) is 2.68. The lowest BCUT2D eigenvalue weighted by atomic mass is 9.90. The van der Waals surface area contributed by atoms with E-state index in [-0.39, 0.29) is 17.8 Å². The van der Waals surface area contributed by atoms with Crippen LogP contribution in [-0.4, -0.2) is 44.9 Å². The van der Waals surface area contributed by atoms with Crippen LogP contribution in [0.4, 0.5) is 0 Å². The Labute approximate surface area is 134 Å². The molecule has 1 aromatic rings. The molecule has 0 aromatic heterocycles. The van der Waals surface area contributed by atoms with Crippen LogP contribution in [0, 0.1) is 5.41 Å². The van der Waals surface area contributed by atoms with Gasteiger partial charge < -0.3 is 15.2 Å². The summed E-state index contributed by atoms with van der Waals surface area (Å²) in [5.74, 6) is 0.964. The zero-order valence-corrected chi connectivity index (χ0v) is 13.8. The van der Waals surface area contributed by atoms with E-state index >= 15 is 0 Å². The molecular weight excluding hydrogens is 288 g/mol. The lowest BCUT2D eigenvalue weighted by molar-refractivity contribution is 0.145. The molecule has 0 amide bonds. The number of ether oxygens (including phenoxy) is 2. The van der Waals surface area contributed by atoms with Gasteiger partial charge in [0.25, 0.3) is 0 Å². The maximum atomic E-state index is 5.87. The molecule has 1 aromatic carbocycles. The van der Waals surface area contributed by atoms with E-state index in [4.69, 9.17) is 15.2 Å². The Morgan fingerprint density at radius 3 is 2.71 bits per heavy atom. The van der Waals surface area contributed by atoms with Crippen LogP contribution in [0.3, 0.4) is 0 Å². The van der Waals surface area contributed by atoms with Gasteiger partial charge in [-0.05, 0) is 31.0 Å². The first-order valence-corrected chi connectivity index (χ1v) is 7.29. The minimum absolute atomic E-state index is 0. The Kier molecular flexibility index (Phi) is 7.46. The molecule has 1 saturated heterocycles. The summed E-state index contributed by atoms with van der Waals surface area (Å²) in [6.45, 7) is 7.34. The molecule has 2 rings (SSSR count). The third kappa shape index (κ3) is 5.15. The SMILES string of the molecule is COCCOc1ccccc1CN1CCC(C)(CN)C1.Cl. The fourth-order valence-electron chi connectivity index (χ4n) is 2.68. The number of para-hydroxylation sites is 1. The molecule has 4 nitrogen and oxygen atoms in total. The number of benzene rings is 1. The van der Waals surface area contributed by atoms with Gasteiger partial charge in [0.2, 0.25) is 0 Å². The highest BCUT2D eigenvalue weighted by Gasteiger charge is 2.32. The second-order valence-corrected chi connectivity index (χ2v) is 5.92. The van der Waals surface area contributed by atoms with Crippen molar-refractivity contribution in [2.45, 2.75) is 19.9 Å². The number of rotatable bonds is 7. The van der Waals surface area contributed by atoms with E-state index in [0.717, 1.165) is 31.9 Å². The van der Waals surface area contributed by atoms with Crippen LogP contribution in [0.25, 0.3) is 0 Å². The van der Waals surface area contributed by atoms with E-state index in [1.54, 1.807) is 7.11 Å². The molecule has 5 heteroatoms. The molecule has 1 unspecified atom stereocenters. The molecular formula is C16H27ClN2O2. The third-order valence-corrected chi connectivity index (χ3v) is 4.04. The smallest absolute Gasteiger partial charge is 0.123 e. The van der Waals surface area contributed by atoms with Crippen molar-refractivity contribution in [3.63, 3.8) is 0 Å². The average molecular weight is 315 g/mol. The molecule has 0 bridgehead atoms. The lowest BCUT2D eigenvalue weighted by Crippen LogP contribution is -2.31. The van der Waals surface area contributed by atoms with Gasteiger partial charge in [0.1, 0.15) is 12.4 Å². The number of likely N-dealkylation sites (tertiary alicyclic amines) is 1. The number of halogens is 1. The second-order valence-electron chi connectivity index (χ2n) is 5.92. The van der Waals surface area contributed by atoms with Crippen molar-refractivity contribution < 1.29 is 9.47 Å². The Hall–Kier alpha value is -0.810. The zero-order chi connectivity index (χ0) is 14.4. The average Bonchev–Trinajstić information content (AvgIpc) is 2.83. The number of nitrogens with two attached hydrogens (primary N) is 1. The summed E-state index contributed by atoms with van der Waals surface area (Å²) >= 11 is 0. The highest BCUT2D eigenvalue weighted by molar-refractivity contribution is 5.85. The van der Waals surface area contributed by atoms with E-state index in [0.29, 0.717) is 13.2 Å². The van der Waals surface area contributed by atoms with E-state index in [1.807, 2.05) is 12.1 Å². The van der Waals surface area contributed by atoms with Gasteiger partial charge >= 0.3 is 0 Å².